The van der Waals surface area contributed by atoms with Crippen LogP contribution in [-0.4, -0.2) is 33.1 Å². The average molecular weight is 417 g/mol. The van der Waals surface area contributed by atoms with E-state index in [1.807, 2.05) is 0 Å². The van der Waals surface area contributed by atoms with Gasteiger partial charge < -0.3 is 9.73 Å². The van der Waals surface area contributed by atoms with Crippen LogP contribution in [0.3, 0.4) is 0 Å². The number of furan rings is 1. The molecule has 4 aliphatic carbocycles. The zero-order valence-electron chi connectivity index (χ0n) is 15.7. The lowest BCUT2D eigenvalue weighted by molar-refractivity contribution is -0.127. The predicted molar refractivity (Wildman–Crippen MR) is 112 cm³/mol. The van der Waals surface area contributed by atoms with Gasteiger partial charge in [0.05, 0.1) is 11.2 Å². The predicted octanol–water partition coefficient (Wildman–Crippen LogP) is 3.96. The van der Waals surface area contributed by atoms with Crippen LogP contribution >= 0.6 is 24.0 Å². The van der Waals surface area contributed by atoms with Gasteiger partial charge in [-0.2, -0.15) is 0 Å². The molecule has 0 aromatic carbocycles. The van der Waals surface area contributed by atoms with E-state index in [9.17, 15) is 9.59 Å². The zero-order valence-corrected chi connectivity index (χ0v) is 17.3. The third kappa shape index (κ3) is 3.43. The molecule has 0 radical (unpaired) electrons. The lowest BCUT2D eigenvalue weighted by atomic mass is 9.53. The van der Waals surface area contributed by atoms with Crippen molar-refractivity contribution < 1.29 is 14.0 Å². The van der Waals surface area contributed by atoms with E-state index in [0.29, 0.717) is 28.0 Å². The number of thiocarbonyl (C=S) groups is 1. The lowest BCUT2D eigenvalue weighted by Crippen LogP contribution is -2.60. The summed E-state index contributed by atoms with van der Waals surface area (Å²) in [4.78, 5) is 27.4. The van der Waals surface area contributed by atoms with Crippen molar-refractivity contribution in [3.8, 4) is 0 Å². The normalized spacial score (nSPS) is 35.2. The maximum atomic E-state index is 12.7. The number of carbonyl (C=O) groups is 2. The maximum absolute atomic E-state index is 12.7. The molecule has 5 aliphatic rings. The Labute approximate surface area is 174 Å². The number of nitrogens with one attached hydrogen (secondary N) is 1. The van der Waals surface area contributed by atoms with E-state index in [1.165, 1.54) is 35.9 Å². The van der Waals surface area contributed by atoms with Crippen LogP contribution in [0.15, 0.2) is 27.7 Å². The van der Waals surface area contributed by atoms with Crippen molar-refractivity contribution in [2.45, 2.75) is 50.5 Å². The molecule has 1 aromatic rings. The van der Waals surface area contributed by atoms with Crippen molar-refractivity contribution in [3.05, 3.63) is 29.1 Å². The second-order valence-electron chi connectivity index (χ2n) is 8.84. The molecule has 1 aliphatic heterocycles. The third-order valence-corrected chi connectivity index (χ3v) is 8.07. The van der Waals surface area contributed by atoms with Crippen molar-refractivity contribution in [2.75, 3.05) is 6.54 Å². The minimum Gasteiger partial charge on any atom is -0.465 e. The molecule has 4 saturated carbocycles. The molecule has 7 heteroatoms. The topological polar surface area (TPSA) is 62.6 Å². The van der Waals surface area contributed by atoms with E-state index in [1.54, 1.807) is 24.5 Å². The molecule has 0 spiro atoms. The van der Waals surface area contributed by atoms with E-state index in [0.717, 1.165) is 37.0 Å². The Morgan fingerprint density at radius 1 is 1.29 bits per heavy atom. The van der Waals surface area contributed by atoms with Gasteiger partial charge in [0.25, 0.3) is 5.91 Å². The molecule has 5 fully saturated rings. The summed E-state index contributed by atoms with van der Waals surface area (Å²) in [5.41, 5.74) is 0.0143. The Morgan fingerprint density at radius 2 is 1.96 bits per heavy atom. The summed E-state index contributed by atoms with van der Waals surface area (Å²) in [7, 11) is 0. The SMILES string of the molecule is O=C(CCN1C(=O)/C(=C\c2ccco2)SC1=S)NC12CC3CC(CC(C3)C1)C2. The van der Waals surface area contributed by atoms with E-state index in [4.69, 9.17) is 16.6 Å². The summed E-state index contributed by atoms with van der Waals surface area (Å²) in [5, 5.41) is 3.37. The minimum atomic E-state index is -0.144. The summed E-state index contributed by atoms with van der Waals surface area (Å²) in [5.74, 6) is 2.92. The number of thioether (sulfide) groups is 1. The van der Waals surface area contributed by atoms with Crippen LogP contribution in [0.25, 0.3) is 6.08 Å². The Kier molecular flexibility index (Phi) is 4.62. The average Bonchev–Trinajstić information content (AvgIpc) is 3.21. The standard InChI is InChI=1S/C21H24N2O3S2/c24-18(22-21-10-13-6-14(11-21)8-15(7-13)12-21)3-4-23-19(25)17(28-20(23)27)9-16-2-1-5-26-16/h1-2,5,9,13-15H,3-4,6-8,10-12H2,(H,22,24)/b17-9+. The van der Waals surface area contributed by atoms with Gasteiger partial charge in [0.2, 0.25) is 5.91 Å². The summed E-state index contributed by atoms with van der Waals surface area (Å²) < 4.78 is 5.78. The van der Waals surface area contributed by atoms with Gasteiger partial charge in [0.15, 0.2) is 0 Å². The molecule has 5 nitrogen and oxygen atoms in total. The fourth-order valence-electron chi connectivity index (χ4n) is 6.03. The van der Waals surface area contributed by atoms with Crippen LogP contribution in [0.4, 0.5) is 0 Å². The molecule has 1 N–H and O–H groups in total. The Hall–Kier alpha value is -1.60. The second kappa shape index (κ2) is 7.02. The fraction of sp³-hybridized carbons (Fsp3) is 0.571. The molecular formula is C21H24N2O3S2. The van der Waals surface area contributed by atoms with Gasteiger partial charge >= 0.3 is 0 Å². The Balaban J connectivity index is 1.19. The first-order chi connectivity index (χ1) is 13.5. The van der Waals surface area contributed by atoms with Gasteiger partial charge in [-0.1, -0.05) is 24.0 Å². The highest BCUT2D eigenvalue weighted by Gasteiger charge is 2.51. The van der Waals surface area contributed by atoms with E-state index < -0.39 is 0 Å². The van der Waals surface area contributed by atoms with Gasteiger partial charge in [0.1, 0.15) is 10.1 Å². The van der Waals surface area contributed by atoms with Gasteiger partial charge in [-0.25, -0.2) is 0 Å². The molecule has 6 rings (SSSR count). The van der Waals surface area contributed by atoms with E-state index in [-0.39, 0.29) is 17.4 Å². The molecule has 1 aromatic heterocycles. The third-order valence-electron chi connectivity index (χ3n) is 6.70. The maximum Gasteiger partial charge on any atom is 0.266 e. The molecule has 0 atom stereocenters. The van der Waals surface area contributed by atoms with Crippen molar-refractivity contribution in [1.29, 1.82) is 0 Å². The molecule has 28 heavy (non-hydrogen) atoms. The summed E-state index contributed by atoms with van der Waals surface area (Å²) >= 11 is 6.62. The fourth-order valence-corrected chi connectivity index (χ4v) is 7.32. The lowest BCUT2D eigenvalue weighted by Gasteiger charge is -2.57. The number of nitrogens with zero attached hydrogens (tertiary/aromatic N) is 1. The second-order valence-corrected chi connectivity index (χ2v) is 10.5. The van der Waals surface area contributed by atoms with Crippen molar-refractivity contribution >= 4 is 46.2 Å². The van der Waals surface area contributed by atoms with Crippen LogP contribution in [0.5, 0.6) is 0 Å². The monoisotopic (exact) mass is 416 g/mol. The van der Waals surface area contributed by atoms with E-state index in [2.05, 4.69) is 5.32 Å². The number of hydrogen-bond donors (Lipinski definition) is 1. The van der Waals surface area contributed by atoms with Crippen LogP contribution in [0.2, 0.25) is 0 Å². The highest BCUT2D eigenvalue weighted by Crippen LogP contribution is 2.55. The zero-order chi connectivity index (χ0) is 19.3. The Bertz CT molecular complexity index is 811. The first kappa shape index (κ1) is 18.4. The van der Waals surface area contributed by atoms with Crippen LogP contribution < -0.4 is 5.32 Å². The molecular weight excluding hydrogens is 392 g/mol. The summed E-state index contributed by atoms with van der Waals surface area (Å²) in [6, 6.07) is 3.58. The molecule has 148 valence electrons. The van der Waals surface area contributed by atoms with Crippen LogP contribution in [-0.2, 0) is 9.59 Å². The van der Waals surface area contributed by atoms with Gasteiger partial charge in [-0.05, 0) is 68.4 Å². The van der Waals surface area contributed by atoms with Crippen molar-refractivity contribution in [3.63, 3.8) is 0 Å². The summed E-state index contributed by atoms with van der Waals surface area (Å²) in [6.45, 7) is 0.332. The Morgan fingerprint density at radius 3 is 2.57 bits per heavy atom. The minimum absolute atomic E-state index is 0.0143. The smallest absolute Gasteiger partial charge is 0.266 e. The van der Waals surface area contributed by atoms with Crippen molar-refractivity contribution in [1.82, 2.24) is 10.2 Å². The van der Waals surface area contributed by atoms with Gasteiger partial charge in [0, 0.05) is 24.6 Å². The molecule has 2 amide bonds. The molecule has 2 heterocycles. The first-order valence-corrected chi connectivity index (χ1v) is 11.3. The largest absolute Gasteiger partial charge is 0.465 e. The molecule has 0 unspecified atom stereocenters. The van der Waals surface area contributed by atoms with Crippen LogP contribution in [0.1, 0.15) is 50.7 Å². The number of hydrogen-bond acceptors (Lipinski definition) is 5. The molecule has 4 bridgehead atoms. The highest BCUT2D eigenvalue weighted by molar-refractivity contribution is 8.26. The van der Waals surface area contributed by atoms with Gasteiger partial charge in [-0.15, -0.1) is 0 Å². The molecule has 1 saturated heterocycles. The van der Waals surface area contributed by atoms with E-state index >= 15 is 0 Å². The van der Waals surface area contributed by atoms with Crippen LogP contribution in [0, 0.1) is 17.8 Å². The number of rotatable bonds is 5. The van der Waals surface area contributed by atoms with Gasteiger partial charge in [-0.3, -0.25) is 14.5 Å². The number of carbonyl (C=O) groups excluding carboxylic acids is 2. The van der Waals surface area contributed by atoms with Crippen molar-refractivity contribution in [2.24, 2.45) is 17.8 Å². The summed E-state index contributed by atoms with van der Waals surface area (Å²) in [6.07, 6.45) is 11.0. The highest BCUT2D eigenvalue weighted by atomic mass is 32.2. The number of amides is 2. The first-order valence-electron chi connectivity index (χ1n) is 10.1. The quantitative estimate of drug-likeness (QED) is 0.582.